The van der Waals surface area contributed by atoms with Crippen LogP contribution in [0.4, 0.5) is 0 Å². The topological polar surface area (TPSA) is 60.7 Å². The van der Waals surface area contributed by atoms with E-state index in [1.54, 1.807) is 0 Å². The maximum Gasteiger partial charge on any atom is 0.0771 e. The lowest BCUT2D eigenvalue weighted by Gasteiger charge is -2.12. The number of rotatable bonds is 9. The Morgan fingerprint density at radius 3 is 2.07 bits per heavy atom. The van der Waals surface area contributed by atoms with Gasteiger partial charge in [-0.15, -0.1) is 0 Å². The van der Waals surface area contributed by atoms with Crippen LogP contribution < -0.4 is 0 Å². The van der Waals surface area contributed by atoms with E-state index in [9.17, 15) is 5.11 Å². The molecule has 0 radical (unpaired) electrons. The molecule has 0 saturated carbocycles. The predicted octanol–water partition coefficient (Wildman–Crippen LogP) is 1.45. The Labute approximate surface area is 86.8 Å². The van der Waals surface area contributed by atoms with Crippen molar-refractivity contribution < 1.29 is 15.3 Å². The van der Waals surface area contributed by atoms with Gasteiger partial charge in [0.25, 0.3) is 0 Å². The molecular weight excluding hydrogens is 180 g/mol. The maximum atomic E-state index is 9.50. The van der Waals surface area contributed by atoms with Gasteiger partial charge < -0.3 is 15.3 Å². The van der Waals surface area contributed by atoms with E-state index < -0.39 is 6.10 Å². The zero-order chi connectivity index (χ0) is 10.8. The highest BCUT2D eigenvalue weighted by atomic mass is 16.3. The third-order valence-corrected chi connectivity index (χ3v) is 2.43. The van der Waals surface area contributed by atoms with E-state index in [0.717, 1.165) is 12.8 Å². The molecule has 0 spiro atoms. The van der Waals surface area contributed by atoms with Gasteiger partial charge in [-0.3, -0.25) is 0 Å². The van der Waals surface area contributed by atoms with Crippen molar-refractivity contribution in [2.75, 3.05) is 6.61 Å². The van der Waals surface area contributed by atoms with Crippen LogP contribution in [-0.2, 0) is 0 Å². The summed E-state index contributed by atoms with van der Waals surface area (Å²) in [5, 5.41) is 27.1. The zero-order valence-electron chi connectivity index (χ0n) is 9.15. The smallest absolute Gasteiger partial charge is 0.0771 e. The molecule has 0 saturated heterocycles. The van der Waals surface area contributed by atoms with E-state index >= 15 is 0 Å². The Bertz CT molecular complexity index is 117. The summed E-state index contributed by atoms with van der Waals surface area (Å²) in [6, 6.07) is 0. The quantitative estimate of drug-likeness (QED) is 0.498. The third-order valence-electron chi connectivity index (χ3n) is 2.43. The number of hydrogen-bond acceptors (Lipinski definition) is 3. The SMILES string of the molecule is CCCCCCC(O)CC[C@H](O)CO. The second-order valence-electron chi connectivity index (χ2n) is 3.92. The van der Waals surface area contributed by atoms with Crippen molar-refractivity contribution >= 4 is 0 Å². The molecule has 0 fully saturated rings. The van der Waals surface area contributed by atoms with Crippen molar-refractivity contribution in [3.8, 4) is 0 Å². The monoisotopic (exact) mass is 204 g/mol. The van der Waals surface area contributed by atoms with Crippen molar-refractivity contribution in [1.82, 2.24) is 0 Å². The largest absolute Gasteiger partial charge is 0.394 e. The average Bonchev–Trinajstić information content (AvgIpc) is 2.21. The molecule has 0 aliphatic carbocycles. The summed E-state index contributed by atoms with van der Waals surface area (Å²) >= 11 is 0. The molecule has 0 aromatic carbocycles. The Balaban J connectivity index is 3.23. The Kier molecular flexibility index (Phi) is 9.35. The molecule has 3 N–H and O–H groups in total. The fraction of sp³-hybridized carbons (Fsp3) is 1.00. The van der Waals surface area contributed by atoms with Crippen molar-refractivity contribution in [1.29, 1.82) is 0 Å². The fourth-order valence-electron chi connectivity index (χ4n) is 1.43. The summed E-state index contributed by atoms with van der Waals surface area (Å²) in [6.45, 7) is 1.95. The fourth-order valence-corrected chi connectivity index (χ4v) is 1.43. The zero-order valence-corrected chi connectivity index (χ0v) is 9.15. The van der Waals surface area contributed by atoms with E-state index in [2.05, 4.69) is 6.92 Å². The van der Waals surface area contributed by atoms with Gasteiger partial charge >= 0.3 is 0 Å². The Hall–Kier alpha value is -0.120. The van der Waals surface area contributed by atoms with Gasteiger partial charge in [-0.2, -0.15) is 0 Å². The minimum absolute atomic E-state index is 0.206. The Morgan fingerprint density at radius 1 is 0.857 bits per heavy atom. The summed E-state index contributed by atoms with van der Waals surface area (Å²) in [5.41, 5.74) is 0. The molecule has 0 bridgehead atoms. The first-order valence-corrected chi connectivity index (χ1v) is 5.67. The standard InChI is InChI=1S/C11H24O3/c1-2-3-4-5-6-10(13)7-8-11(14)9-12/h10-14H,2-9H2,1H3/t10?,11-/m0/s1. The number of unbranched alkanes of at least 4 members (excludes halogenated alkanes) is 3. The number of aliphatic hydroxyl groups excluding tert-OH is 3. The molecule has 0 heterocycles. The van der Waals surface area contributed by atoms with Gasteiger partial charge in [0.15, 0.2) is 0 Å². The average molecular weight is 204 g/mol. The molecule has 2 atom stereocenters. The minimum atomic E-state index is -0.666. The molecule has 0 aromatic heterocycles. The lowest BCUT2D eigenvalue weighted by molar-refractivity contribution is 0.0660. The minimum Gasteiger partial charge on any atom is -0.394 e. The molecule has 0 amide bonds. The molecule has 0 aromatic rings. The van der Waals surface area contributed by atoms with Gasteiger partial charge in [0.2, 0.25) is 0 Å². The molecule has 3 heteroatoms. The summed E-state index contributed by atoms with van der Waals surface area (Å²) in [6.07, 6.45) is 5.59. The van der Waals surface area contributed by atoms with Gasteiger partial charge in [-0.05, 0) is 19.3 Å². The summed E-state index contributed by atoms with van der Waals surface area (Å²) in [5.74, 6) is 0. The van der Waals surface area contributed by atoms with Crippen molar-refractivity contribution in [3.05, 3.63) is 0 Å². The summed E-state index contributed by atoms with van der Waals surface area (Å²) in [7, 11) is 0. The van der Waals surface area contributed by atoms with Gasteiger partial charge in [0.1, 0.15) is 0 Å². The number of hydrogen-bond donors (Lipinski definition) is 3. The van der Waals surface area contributed by atoms with Gasteiger partial charge in [0.05, 0.1) is 18.8 Å². The molecule has 0 aliphatic rings. The summed E-state index contributed by atoms with van der Waals surface area (Å²) < 4.78 is 0. The normalized spacial score (nSPS) is 15.4. The van der Waals surface area contributed by atoms with Gasteiger partial charge in [-0.25, -0.2) is 0 Å². The van der Waals surface area contributed by atoms with E-state index in [1.807, 2.05) is 0 Å². The maximum absolute atomic E-state index is 9.50. The second-order valence-corrected chi connectivity index (χ2v) is 3.92. The first-order valence-electron chi connectivity index (χ1n) is 5.67. The first kappa shape index (κ1) is 13.9. The van der Waals surface area contributed by atoms with E-state index in [-0.39, 0.29) is 12.7 Å². The molecule has 0 rings (SSSR count). The van der Waals surface area contributed by atoms with Crippen molar-refractivity contribution in [2.45, 2.75) is 64.1 Å². The van der Waals surface area contributed by atoms with Crippen molar-refractivity contribution in [3.63, 3.8) is 0 Å². The van der Waals surface area contributed by atoms with Gasteiger partial charge in [-0.1, -0.05) is 32.6 Å². The van der Waals surface area contributed by atoms with Crippen LogP contribution in [0.1, 0.15) is 51.9 Å². The van der Waals surface area contributed by atoms with Crippen molar-refractivity contribution in [2.24, 2.45) is 0 Å². The highest BCUT2D eigenvalue weighted by Crippen LogP contribution is 2.10. The lowest BCUT2D eigenvalue weighted by Crippen LogP contribution is -2.16. The molecule has 1 unspecified atom stereocenters. The van der Waals surface area contributed by atoms with Gasteiger partial charge in [0, 0.05) is 0 Å². The van der Waals surface area contributed by atoms with Crippen LogP contribution in [0.25, 0.3) is 0 Å². The highest BCUT2D eigenvalue weighted by molar-refractivity contribution is 4.60. The lowest BCUT2D eigenvalue weighted by atomic mass is 10.0. The predicted molar refractivity (Wildman–Crippen MR) is 57.1 cm³/mol. The van der Waals surface area contributed by atoms with Crippen LogP contribution in [0.3, 0.4) is 0 Å². The van der Waals surface area contributed by atoms with Crippen LogP contribution in [0.15, 0.2) is 0 Å². The van der Waals surface area contributed by atoms with E-state index in [4.69, 9.17) is 10.2 Å². The molecular formula is C11H24O3. The van der Waals surface area contributed by atoms with Crippen LogP contribution in [0.5, 0.6) is 0 Å². The molecule has 3 nitrogen and oxygen atoms in total. The Morgan fingerprint density at radius 2 is 1.50 bits per heavy atom. The molecule has 14 heavy (non-hydrogen) atoms. The van der Waals surface area contributed by atoms with E-state index in [0.29, 0.717) is 12.8 Å². The third kappa shape index (κ3) is 8.48. The second kappa shape index (κ2) is 9.44. The van der Waals surface area contributed by atoms with Crippen LogP contribution in [0, 0.1) is 0 Å². The van der Waals surface area contributed by atoms with E-state index in [1.165, 1.54) is 19.3 Å². The van der Waals surface area contributed by atoms with Crippen LogP contribution >= 0.6 is 0 Å². The van der Waals surface area contributed by atoms with Crippen LogP contribution in [0.2, 0.25) is 0 Å². The molecule has 0 aliphatic heterocycles. The highest BCUT2D eigenvalue weighted by Gasteiger charge is 2.07. The first-order chi connectivity index (χ1) is 6.70. The summed E-state index contributed by atoms with van der Waals surface area (Å²) in [4.78, 5) is 0. The van der Waals surface area contributed by atoms with Crippen LogP contribution in [-0.4, -0.2) is 34.1 Å². The number of aliphatic hydroxyl groups is 3. The molecule has 86 valence electrons.